The van der Waals surface area contributed by atoms with Gasteiger partial charge in [-0.1, -0.05) is 25.6 Å². The van der Waals surface area contributed by atoms with E-state index >= 15 is 0 Å². The number of aliphatic imine (C=N–C) groups is 1. The molecule has 116 valence electrons. The summed E-state index contributed by atoms with van der Waals surface area (Å²) in [5.74, 6) is 2.70. The zero-order valence-electron chi connectivity index (χ0n) is 13.2. The van der Waals surface area contributed by atoms with E-state index in [-0.39, 0.29) is 0 Å². The lowest BCUT2D eigenvalue weighted by Gasteiger charge is -2.33. The lowest BCUT2D eigenvalue weighted by molar-refractivity contribution is 0.318. The van der Waals surface area contributed by atoms with E-state index in [0.29, 0.717) is 5.41 Å². The Morgan fingerprint density at radius 3 is 2.52 bits per heavy atom. The van der Waals surface area contributed by atoms with E-state index < -0.39 is 0 Å². The molecule has 1 heterocycles. The Labute approximate surface area is 131 Å². The van der Waals surface area contributed by atoms with Gasteiger partial charge in [0.2, 0.25) is 0 Å². The van der Waals surface area contributed by atoms with Crippen LogP contribution in [-0.2, 0) is 0 Å². The zero-order valence-corrected chi connectivity index (χ0v) is 14.0. The number of ether oxygens (including phenoxy) is 2. The second-order valence-corrected chi connectivity index (χ2v) is 6.27. The van der Waals surface area contributed by atoms with Crippen LogP contribution in [0.4, 0.5) is 5.69 Å². The Hall–Kier alpha value is -1.36. The highest BCUT2D eigenvalue weighted by Gasteiger charge is 2.30. The number of anilines is 1. The van der Waals surface area contributed by atoms with Crippen molar-refractivity contribution in [3.05, 3.63) is 18.2 Å². The van der Waals surface area contributed by atoms with Gasteiger partial charge >= 0.3 is 0 Å². The van der Waals surface area contributed by atoms with Crippen molar-refractivity contribution in [2.45, 2.75) is 26.7 Å². The Kier molecular flexibility index (Phi) is 5.39. The van der Waals surface area contributed by atoms with Crippen molar-refractivity contribution < 1.29 is 9.47 Å². The van der Waals surface area contributed by atoms with Crippen molar-refractivity contribution in [2.24, 2.45) is 10.4 Å². The van der Waals surface area contributed by atoms with E-state index in [2.05, 4.69) is 19.2 Å². The van der Waals surface area contributed by atoms with Gasteiger partial charge in [-0.2, -0.15) is 0 Å². The Morgan fingerprint density at radius 1 is 1.24 bits per heavy atom. The second kappa shape index (κ2) is 7.07. The molecule has 0 amide bonds. The van der Waals surface area contributed by atoms with Crippen LogP contribution in [0.3, 0.4) is 0 Å². The third kappa shape index (κ3) is 3.64. The molecular formula is C16H24N2O2S. The highest BCUT2D eigenvalue weighted by atomic mass is 32.2. The van der Waals surface area contributed by atoms with Crippen molar-refractivity contribution in [1.29, 1.82) is 0 Å². The molecule has 4 nitrogen and oxygen atoms in total. The molecule has 21 heavy (non-hydrogen) atoms. The highest BCUT2D eigenvalue weighted by molar-refractivity contribution is 8.14. The predicted molar refractivity (Wildman–Crippen MR) is 90.9 cm³/mol. The molecular weight excluding hydrogens is 284 g/mol. The maximum Gasteiger partial charge on any atom is 0.161 e. The van der Waals surface area contributed by atoms with Gasteiger partial charge in [-0.3, -0.25) is 4.99 Å². The van der Waals surface area contributed by atoms with Gasteiger partial charge in [-0.25, -0.2) is 0 Å². The first-order valence-corrected chi connectivity index (χ1v) is 8.31. The zero-order chi connectivity index (χ0) is 15.3. The lowest BCUT2D eigenvalue weighted by atomic mass is 9.84. The normalized spacial score (nSPS) is 17.0. The van der Waals surface area contributed by atoms with Crippen molar-refractivity contribution in [1.82, 2.24) is 0 Å². The molecule has 0 fully saturated rings. The highest BCUT2D eigenvalue weighted by Crippen LogP contribution is 2.36. The van der Waals surface area contributed by atoms with Gasteiger partial charge in [-0.15, -0.1) is 0 Å². The number of thioether (sulfide) groups is 1. The minimum Gasteiger partial charge on any atom is -0.497 e. The van der Waals surface area contributed by atoms with Gasteiger partial charge in [0.15, 0.2) is 5.17 Å². The van der Waals surface area contributed by atoms with Crippen LogP contribution in [0, 0.1) is 5.41 Å². The maximum atomic E-state index is 5.39. The van der Waals surface area contributed by atoms with E-state index in [9.17, 15) is 0 Å². The average molecular weight is 308 g/mol. The number of nitrogens with one attached hydrogen (secondary N) is 1. The average Bonchev–Trinajstić information content (AvgIpc) is 2.55. The van der Waals surface area contributed by atoms with E-state index in [1.54, 1.807) is 26.0 Å². The predicted octanol–water partition coefficient (Wildman–Crippen LogP) is 4.02. The van der Waals surface area contributed by atoms with E-state index in [1.165, 1.54) is 12.8 Å². The minimum absolute atomic E-state index is 0.355. The molecule has 5 heteroatoms. The minimum atomic E-state index is 0.355. The Morgan fingerprint density at radius 2 is 2.00 bits per heavy atom. The van der Waals surface area contributed by atoms with Gasteiger partial charge in [0, 0.05) is 18.4 Å². The van der Waals surface area contributed by atoms with Crippen LogP contribution < -0.4 is 14.8 Å². The molecule has 1 aliphatic heterocycles. The van der Waals surface area contributed by atoms with Gasteiger partial charge < -0.3 is 14.8 Å². The number of hydrogen-bond acceptors (Lipinski definition) is 5. The third-order valence-corrected chi connectivity index (χ3v) is 5.48. The molecule has 0 radical (unpaired) electrons. The van der Waals surface area contributed by atoms with Gasteiger partial charge in [-0.05, 0) is 30.4 Å². The van der Waals surface area contributed by atoms with Crippen LogP contribution in [0.2, 0.25) is 0 Å². The van der Waals surface area contributed by atoms with Gasteiger partial charge in [0.25, 0.3) is 0 Å². The Balaban J connectivity index is 2.14. The molecule has 2 rings (SSSR count). The summed E-state index contributed by atoms with van der Waals surface area (Å²) in [7, 11) is 3.33. The summed E-state index contributed by atoms with van der Waals surface area (Å²) in [6.45, 7) is 5.40. The summed E-state index contributed by atoms with van der Waals surface area (Å²) in [6.07, 6.45) is 2.35. The number of hydrogen-bond donors (Lipinski definition) is 1. The molecule has 0 saturated heterocycles. The lowest BCUT2D eigenvalue weighted by Crippen LogP contribution is -2.32. The first kappa shape index (κ1) is 16.0. The van der Waals surface area contributed by atoms with Gasteiger partial charge in [0.1, 0.15) is 11.5 Å². The summed E-state index contributed by atoms with van der Waals surface area (Å²) in [4.78, 5) is 4.72. The first-order chi connectivity index (χ1) is 10.2. The van der Waals surface area contributed by atoms with Crippen LogP contribution >= 0.6 is 11.8 Å². The van der Waals surface area contributed by atoms with Crippen molar-refractivity contribution >= 4 is 22.6 Å². The number of amidine groups is 1. The molecule has 0 saturated carbocycles. The number of nitrogens with zero attached hydrogens (tertiary/aromatic N) is 1. The smallest absolute Gasteiger partial charge is 0.161 e. The fourth-order valence-electron chi connectivity index (χ4n) is 2.33. The molecule has 1 aromatic rings. The topological polar surface area (TPSA) is 42.9 Å². The summed E-state index contributed by atoms with van der Waals surface area (Å²) in [6, 6.07) is 5.72. The van der Waals surface area contributed by atoms with Crippen molar-refractivity contribution in [3.8, 4) is 11.5 Å². The van der Waals surface area contributed by atoms with Gasteiger partial charge in [0.05, 0.1) is 19.9 Å². The van der Waals surface area contributed by atoms with Crippen LogP contribution in [0.5, 0.6) is 11.5 Å². The Bertz CT molecular complexity index is 513. The molecule has 0 bridgehead atoms. The van der Waals surface area contributed by atoms with E-state index in [0.717, 1.165) is 34.7 Å². The quantitative estimate of drug-likeness (QED) is 0.892. The molecule has 1 aliphatic rings. The summed E-state index contributed by atoms with van der Waals surface area (Å²) in [5.41, 5.74) is 1.25. The van der Waals surface area contributed by atoms with Crippen molar-refractivity contribution in [3.63, 3.8) is 0 Å². The number of benzene rings is 1. The molecule has 1 aromatic carbocycles. The first-order valence-electron chi connectivity index (χ1n) is 7.32. The van der Waals surface area contributed by atoms with Crippen LogP contribution in [0.25, 0.3) is 0 Å². The summed E-state index contributed by atoms with van der Waals surface area (Å²) < 4.78 is 10.7. The standard InChI is InChI=1S/C16H24N2O2S/c1-5-16(6-2)10-17-15(21-11-16)18-13-9-12(19-3)7-8-14(13)20-4/h7-9H,5-6,10-11H2,1-4H3,(H,17,18). The molecule has 1 N–H and O–H groups in total. The van der Waals surface area contributed by atoms with Crippen LogP contribution in [-0.4, -0.2) is 31.7 Å². The van der Waals surface area contributed by atoms with E-state index in [4.69, 9.17) is 14.5 Å². The second-order valence-electron chi connectivity index (χ2n) is 5.31. The summed E-state index contributed by atoms with van der Waals surface area (Å²) in [5, 5.41) is 4.33. The SMILES string of the molecule is CCC1(CC)CN=C(Nc2cc(OC)ccc2OC)SC1. The maximum absolute atomic E-state index is 5.39. The van der Waals surface area contributed by atoms with Crippen LogP contribution in [0.1, 0.15) is 26.7 Å². The molecule has 0 aliphatic carbocycles. The molecule has 0 spiro atoms. The van der Waals surface area contributed by atoms with Crippen LogP contribution in [0.15, 0.2) is 23.2 Å². The number of methoxy groups -OCH3 is 2. The molecule has 0 aromatic heterocycles. The largest absolute Gasteiger partial charge is 0.497 e. The third-order valence-electron chi connectivity index (χ3n) is 4.22. The van der Waals surface area contributed by atoms with E-state index in [1.807, 2.05) is 18.2 Å². The fraction of sp³-hybridized carbons (Fsp3) is 0.562. The monoisotopic (exact) mass is 308 g/mol. The number of rotatable bonds is 5. The fourth-order valence-corrected chi connectivity index (χ4v) is 3.61. The molecule has 0 atom stereocenters. The summed E-state index contributed by atoms with van der Waals surface area (Å²) >= 11 is 1.79. The molecule has 0 unspecified atom stereocenters. The van der Waals surface area contributed by atoms with Crippen molar-refractivity contribution in [2.75, 3.05) is 31.8 Å².